The molecule has 2 aromatic carbocycles. The van der Waals surface area contributed by atoms with Crippen molar-refractivity contribution in [2.75, 3.05) is 16.4 Å². The predicted octanol–water partition coefficient (Wildman–Crippen LogP) is 5.77. The van der Waals surface area contributed by atoms with Gasteiger partial charge in [0.15, 0.2) is 0 Å². The van der Waals surface area contributed by atoms with Crippen LogP contribution in [0.2, 0.25) is 0 Å². The summed E-state index contributed by atoms with van der Waals surface area (Å²) in [4.78, 5) is 43.5. The lowest BCUT2D eigenvalue weighted by Gasteiger charge is -2.12. The summed E-state index contributed by atoms with van der Waals surface area (Å²) in [6.45, 7) is 3.82. The Labute approximate surface area is 238 Å². The fourth-order valence-corrected chi connectivity index (χ4v) is 5.33. The lowest BCUT2D eigenvalue weighted by atomic mass is 10.2. The van der Waals surface area contributed by atoms with Gasteiger partial charge in [-0.1, -0.05) is 36.9 Å². The number of amides is 3. The van der Waals surface area contributed by atoms with Crippen molar-refractivity contribution < 1.29 is 18.8 Å². The predicted molar refractivity (Wildman–Crippen MR) is 156 cm³/mol. The second-order valence-corrected chi connectivity index (χ2v) is 11.3. The van der Waals surface area contributed by atoms with Crippen LogP contribution in [0.15, 0.2) is 93.2 Å². The highest BCUT2D eigenvalue weighted by Crippen LogP contribution is 2.27. The molecule has 1 atom stereocenters. The smallest absolute Gasteiger partial charge is 0.272 e. The second kappa shape index (κ2) is 13.8. The highest BCUT2D eigenvalue weighted by Gasteiger charge is 2.18. The van der Waals surface area contributed by atoms with Gasteiger partial charge in [0.05, 0.1) is 11.5 Å². The van der Waals surface area contributed by atoms with E-state index in [4.69, 9.17) is 4.42 Å². The zero-order valence-electron chi connectivity index (χ0n) is 21.0. The van der Waals surface area contributed by atoms with Gasteiger partial charge >= 0.3 is 0 Å². The van der Waals surface area contributed by atoms with Gasteiger partial charge in [-0.2, -0.15) is 9.36 Å². The van der Waals surface area contributed by atoms with Gasteiger partial charge in [-0.05, 0) is 61.2 Å². The fourth-order valence-electron chi connectivity index (χ4n) is 3.19. The monoisotopic (exact) mass is 579 g/mol. The van der Waals surface area contributed by atoms with Crippen LogP contribution >= 0.6 is 35.1 Å². The highest BCUT2D eigenvalue weighted by molar-refractivity contribution is 8.00. The van der Waals surface area contributed by atoms with Gasteiger partial charge in [0.2, 0.25) is 16.2 Å². The number of carbonyl (C=O) groups excluding carboxylic acids is 3. The van der Waals surface area contributed by atoms with Crippen molar-refractivity contribution >= 4 is 69.7 Å². The van der Waals surface area contributed by atoms with E-state index in [-0.39, 0.29) is 16.9 Å². The number of hydrogen-bond acceptors (Lipinski definition) is 9. The molecule has 0 bridgehead atoms. The van der Waals surface area contributed by atoms with E-state index in [1.54, 1.807) is 61.5 Å². The Morgan fingerprint density at radius 2 is 1.79 bits per heavy atom. The van der Waals surface area contributed by atoms with E-state index in [2.05, 4.69) is 25.3 Å². The molecule has 0 aliphatic rings. The average molecular weight is 580 g/mol. The van der Waals surface area contributed by atoms with Crippen LogP contribution in [0.25, 0.3) is 6.08 Å². The molecule has 12 heteroatoms. The van der Waals surface area contributed by atoms with E-state index < -0.39 is 11.8 Å². The second-order valence-electron chi connectivity index (χ2n) is 7.94. The van der Waals surface area contributed by atoms with Gasteiger partial charge < -0.3 is 15.1 Å². The summed E-state index contributed by atoms with van der Waals surface area (Å²) in [6.07, 6.45) is 2.94. The molecule has 9 nitrogen and oxygen atoms in total. The van der Waals surface area contributed by atoms with Crippen molar-refractivity contribution in [3.05, 3.63) is 90.0 Å². The largest absolute Gasteiger partial charge is 0.465 e. The van der Waals surface area contributed by atoms with E-state index in [0.717, 1.165) is 22.2 Å². The Bertz CT molecular complexity index is 1440. The molecule has 3 amide bonds. The number of aromatic nitrogens is 2. The minimum atomic E-state index is -0.513. The molecule has 0 aliphatic heterocycles. The number of thioether (sulfide) groups is 2. The van der Waals surface area contributed by atoms with Crippen LogP contribution in [-0.2, 0) is 9.59 Å². The zero-order chi connectivity index (χ0) is 27.6. The number of rotatable bonds is 11. The lowest BCUT2D eigenvalue weighted by molar-refractivity contribution is -0.115. The quantitative estimate of drug-likeness (QED) is 0.151. The number of nitrogens with one attached hydrogen (secondary N) is 3. The van der Waals surface area contributed by atoms with Crippen molar-refractivity contribution in [3.63, 3.8) is 0 Å². The maximum Gasteiger partial charge on any atom is 0.272 e. The molecule has 0 radical (unpaired) electrons. The van der Waals surface area contributed by atoms with Crippen LogP contribution < -0.4 is 16.0 Å². The standard InChI is InChI=1S/C27H25N5O4S3/c1-3-37-27-31-26(39-32-27)30-23(33)17(2)38-21-13-11-19(12-14-21)28-25(35)22(16-20-10-7-15-36-20)29-24(34)18-8-5-4-6-9-18/h4-17H,3H2,1-2H3,(H,28,35)(H,29,34)(H,30,31,32,33)/b22-16-. The van der Waals surface area contributed by atoms with Gasteiger partial charge in [0.1, 0.15) is 11.5 Å². The highest BCUT2D eigenvalue weighted by atomic mass is 32.2. The maximum absolute atomic E-state index is 13.1. The molecule has 0 aliphatic carbocycles. The van der Waals surface area contributed by atoms with Crippen LogP contribution in [0, 0.1) is 0 Å². The molecular weight excluding hydrogens is 555 g/mol. The molecule has 200 valence electrons. The zero-order valence-corrected chi connectivity index (χ0v) is 23.5. The molecular formula is C27H25N5O4S3. The molecule has 4 rings (SSSR count). The van der Waals surface area contributed by atoms with E-state index in [0.29, 0.717) is 27.3 Å². The van der Waals surface area contributed by atoms with E-state index in [1.807, 2.05) is 19.1 Å². The van der Waals surface area contributed by atoms with Crippen molar-refractivity contribution in [1.29, 1.82) is 0 Å². The summed E-state index contributed by atoms with van der Waals surface area (Å²) in [5.41, 5.74) is 0.969. The van der Waals surface area contributed by atoms with Crippen LogP contribution in [0.1, 0.15) is 30.0 Å². The average Bonchev–Trinajstić information content (AvgIpc) is 3.62. The van der Waals surface area contributed by atoms with E-state index >= 15 is 0 Å². The number of anilines is 2. The van der Waals surface area contributed by atoms with Crippen LogP contribution in [0.3, 0.4) is 0 Å². The molecule has 4 aromatic rings. The molecule has 0 saturated carbocycles. The third-order valence-electron chi connectivity index (χ3n) is 5.06. The molecule has 0 spiro atoms. The summed E-state index contributed by atoms with van der Waals surface area (Å²) in [5, 5.41) is 9.00. The van der Waals surface area contributed by atoms with Gasteiger partial charge in [0.25, 0.3) is 11.8 Å². The molecule has 0 fully saturated rings. The lowest BCUT2D eigenvalue weighted by Crippen LogP contribution is -2.30. The summed E-state index contributed by atoms with van der Waals surface area (Å²) >= 11 is 4.05. The summed E-state index contributed by atoms with van der Waals surface area (Å²) in [7, 11) is 0. The first-order valence-electron chi connectivity index (χ1n) is 11.9. The van der Waals surface area contributed by atoms with Crippen molar-refractivity contribution in [2.45, 2.75) is 29.1 Å². The molecule has 2 heterocycles. The molecule has 3 N–H and O–H groups in total. The van der Waals surface area contributed by atoms with Crippen LogP contribution in [-0.4, -0.2) is 38.1 Å². The number of hydrogen-bond donors (Lipinski definition) is 3. The summed E-state index contributed by atoms with van der Waals surface area (Å²) in [5.74, 6) is 0.166. The van der Waals surface area contributed by atoms with Gasteiger partial charge in [0, 0.05) is 33.8 Å². The Kier molecular flexibility index (Phi) is 9.95. The normalized spacial score (nSPS) is 12.0. The van der Waals surface area contributed by atoms with Crippen molar-refractivity contribution in [1.82, 2.24) is 14.7 Å². The molecule has 39 heavy (non-hydrogen) atoms. The first-order chi connectivity index (χ1) is 18.9. The molecule has 2 aromatic heterocycles. The van der Waals surface area contributed by atoms with Gasteiger partial charge in [-0.15, -0.1) is 11.8 Å². The minimum Gasteiger partial charge on any atom is -0.465 e. The Morgan fingerprint density at radius 1 is 1.03 bits per heavy atom. The minimum absolute atomic E-state index is 0.0275. The number of nitrogens with zero attached hydrogens (tertiary/aromatic N) is 2. The van der Waals surface area contributed by atoms with E-state index in [1.165, 1.54) is 35.9 Å². The third kappa shape index (κ3) is 8.31. The summed E-state index contributed by atoms with van der Waals surface area (Å²) < 4.78 is 9.53. The molecule has 1 unspecified atom stereocenters. The van der Waals surface area contributed by atoms with Gasteiger partial charge in [-0.25, -0.2) is 0 Å². The van der Waals surface area contributed by atoms with Gasteiger partial charge in [-0.3, -0.25) is 19.7 Å². The first kappa shape index (κ1) is 28.1. The number of furan rings is 1. The van der Waals surface area contributed by atoms with Crippen molar-refractivity contribution in [3.8, 4) is 0 Å². The van der Waals surface area contributed by atoms with Crippen LogP contribution in [0.4, 0.5) is 10.8 Å². The fraction of sp³-hybridized carbons (Fsp3) is 0.148. The Balaban J connectivity index is 1.37. The Morgan fingerprint density at radius 3 is 2.49 bits per heavy atom. The topological polar surface area (TPSA) is 126 Å². The van der Waals surface area contributed by atoms with Crippen molar-refractivity contribution in [2.24, 2.45) is 0 Å². The first-order valence-corrected chi connectivity index (χ1v) is 14.5. The number of carbonyl (C=O) groups is 3. The van der Waals surface area contributed by atoms with Crippen LogP contribution in [0.5, 0.6) is 0 Å². The Hall–Kier alpha value is -3.87. The summed E-state index contributed by atoms with van der Waals surface area (Å²) in [6, 6.07) is 19.1. The SMILES string of the molecule is CCSc1nsc(NC(=O)C(C)Sc2ccc(NC(=O)/C(=C/c3ccco3)NC(=O)c3ccccc3)cc2)n1. The maximum atomic E-state index is 13.1. The third-order valence-corrected chi connectivity index (χ3v) is 7.65. The number of benzene rings is 2. The molecule has 0 saturated heterocycles. The van der Waals surface area contributed by atoms with E-state index in [9.17, 15) is 14.4 Å².